The summed E-state index contributed by atoms with van der Waals surface area (Å²) in [6, 6.07) is 14.1. The minimum atomic E-state index is -0.376. The molecule has 0 saturated heterocycles. The molecule has 0 saturated carbocycles. The smallest absolute Gasteiger partial charge is 0.252 e. The fourth-order valence-corrected chi connectivity index (χ4v) is 2.76. The highest BCUT2D eigenvalue weighted by Gasteiger charge is 2.16. The Morgan fingerprint density at radius 3 is 2.50 bits per heavy atom. The molecule has 0 heterocycles. The number of amides is 1. The second kappa shape index (κ2) is 7.51. The quantitative estimate of drug-likeness (QED) is 0.878. The van der Waals surface area contributed by atoms with E-state index in [0.717, 1.165) is 5.56 Å². The molecule has 0 aliphatic carbocycles. The van der Waals surface area contributed by atoms with Gasteiger partial charge in [-0.1, -0.05) is 30.3 Å². The van der Waals surface area contributed by atoms with Gasteiger partial charge in [0, 0.05) is 11.0 Å². The molecule has 1 atom stereocenters. The van der Waals surface area contributed by atoms with Gasteiger partial charge < -0.3 is 10.2 Å². The fourth-order valence-electron chi connectivity index (χ4n) is 2.23. The lowest BCUT2D eigenvalue weighted by Gasteiger charge is -2.25. The summed E-state index contributed by atoms with van der Waals surface area (Å²) in [4.78, 5) is 14.3. The molecule has 3 nitrogen and oxygen atoms in total. The van der Waals surface area contributed by atoms with Crippen LogP contribution in [0.5, 0.6) is 0 Å². The molecule has 0 aliphatic heterocycles. The number of carbonyl (C=O) groups is 1. The Kier molecular flexibility index (Phi) is 5.69. The summed E-state index contributed by atoms with van der Waals surface area (Å²) < 4.78 is 13.5. The van der Waals surface area contributed by atoms with Gasteiger partial charge in [0.2, 0.25) is 0 Å². The molecule has 116 valence electrons. The second-order valence-electron chi connectivity index (χ2n) is 5.22. The standard InChI is InChI=1S/C17H18BrFN2O/c1-21(2)16(12-6-4-3-5-7-12)11-20-17(22)14-9-8-13(19)10-15(14)18/h3-10,16H,11H2,1-2H3,(H,20,22). The van der Waals surface area contributed by atoms with Crippen molar-refractivity contribution in [2.45, 2.75) is 6.04 Å². The lowest BCUT2D eigenvalue weighted by Crippen LogP contribution is -2.34. The Balaban J connectivity index is 2.08. The summed E-state index contributed by atoms with van der Waals surface area (Å²) >= 11 is 3.22. The maximum absolute atomic E-state index is 13.1. The van der Waals surface area contributed by atoms with Gasteiger partial charge in [0.15, 0.2) is 0 Å². The zero-order valence-electron chi connectivity index (χ0n) is 12.5. The summed E-state index contributed by atoms with van der Waals surface area (Å²) in [7, 11) is 3.94. The molecule has 2 aromatic carbocycles. The van der Waals surface area contributed by atoms with Crippen LogP contribution in [-0.4, -0.2) is 31.4 Å². The predicted molar refractivity (Wildman–Crippen MR) is 89.3 cm³/mol. The van der Waals surface area contributed by atoms with Crippen LogP contribution in [0.3, 0.4) is 0 Å². The lowest BCUT2D eigenvalue weighted by molar-refractivity contribution is 0.0941. The molecular formula is C17H18BrFN2O. The molecule has 5 heteroatoms. The number of benzene rings is 2. The van der Waals surface area contributed by atoms with E-state index in [0.29, 0.717) is 16.6 Å². The van der Waals surface area contributed by atoms with Crippen molar-refractivity contribution in [3.63, 3.8) is 0 Å². The van der Waals surface area contributed by atoms with Crippen LogP contribution < -0.4 is 5.32 Å². The number of likely N-dealkylation sites (N-methyl/N-ethyl adjacent to an activating group) is 1. The van der Waals surface area contributed by atoms with Crippen molar-refractivity contribution in [3.8, 4) is 0 Å². The number of hydrogen-bond acceptors (Lipinski definition) is 2. The first-order chi connectivity index (χ1) is 10.5. The molecule has 1 unspecified atom stereocenters. The Morgan fingerprint density at radius 1 is 1.23 bits per heavy atom. The molecule has 22 heavy (non-hydrogen) atoms. The number of hydrogen-bond donors (Lipinski definition) is 1. The number of halogens is 2. The minimum Gasteiger partial charge on any atom is -0.350 e. The van der Waals surface area contributed by atoms with E-state index < -0.39 is 0 Å². The largest absolute Gasteiger partial charge is 0.350 e. The van der Waals surface area contributed by atoms with Gasteiger partial charge in [-0.15, -0.1) is 0 Å². The second-order valence-corrected chi connectivity index (χ2v) is 6.08. The maximum Gasteiger partial charge on any atom is 0.252 e. The Hall–Kier alpha value is -1.72. The maximum atomic E-state index is 13.1. The highest BCUT2D eigenvalue weighted by molar-refractivity contribution is 9.10. The third-order valence-corrected chi connectivity index (χ3v) is 4.10. The normalized spacial score (nSPS) is 12.2. The fraction of sp³-hybridized carbons (Fsp3) is 0.235. The van der Waals surface area contributed by atoms with Crippen LogP contribution in [-0.2, 0) is 0 Å². The van der Waals surface area contributed by atoms with E-state index in [1.807, 2.05) is 44.4 Å². The zero-order chi connectivity index (χ0) is 16.1. The van der Waals surface area contributed by atoms with Crippen LogP contribution >= 0.6 is 15.9 Å². The summed E-state index contributed by atoms with van der Waals surface area (Å²) in [5, 5.41) is 2.91. The first-order valence-electron chi connectivity index (χ1n) is 6.93. The molecule has 0 spiro atoms. The highest BCUT2D eigenvalue weighted by atomic mass is 79.9. The Bertz CT molecular complexity index is 646. The lowest BCUT2D eigenvalue weighted by atomic mass is 10.1. The molecule has 2 rings (SSSR count). The van der Waals surface area contributed by atoms with E-state index in [9.17, 15) is 9.18 Å². The molecule has 1 amide bonds. The number of nitrogens with zero attached hydrogens (tertiary/aromatic N) is 1. The number of carbonyl (C=O) groups excluding carboxylic acids is 1. The average Bonchev–Trinajstić information content (AvgIpc) is 2.48. The van der Waals surface area contributed by atoms with Crippen molar-refractivity contribution in [1.29, 1.82) is 0 Å². The third kappa shape index (κ3) is 4.15. The topological polar surface area (TPSA) is 32.3 Å². The molecular weight excluding hydrogens is 347 g/mol. The van der Waals surface area contributed by atoms with E-state index in [2.05, 4.69) is 26.1 Å². The molecule has 0 radical (unpaired) electrons. The van der Waals surface area contributed by atoms with Crippen molar-refractivity contribution in [3.05, 3.63) is 69.9 Å². The van der Waals surface area contributed by atoms with Gasteiger partial charge in [-0.05, 0) is 53.8 Å². The summed E-state index contributed by atoms with van der Waals surface area (Å²) in [6.07, 6.45) is 0. The SMILES string of the molecule is CN(C)C(CNC(=O)c1ccc(F)cc1Br)c1ccccc1. The van der Waals surface area contributed by atoms with E-state index in [1.165, 1.54) is 18.2 Å². The number of nitrogens with one attached hydrogen (secondary N) is 1. The molecule has 0 fully saturated rings. The monoisotopic (exact) mass is 364 g/mol. The summed E-state index contributed by atoms with van der Waals surface area (Å²) in [5.74, 6) is -0.603. The van der Waals surface area contributed by atoms with Gasteiger partial charge in [-0.2, -0.15) is 0 Å². The van der Waals surface area contributed by atoms with Crippen molar-refractivity contribution >= 4 is 21.8 Å². The van der Waals surface area contributed by atoms with E-state index in [4.69, 9.17) is 0 Å². The summed E-state index contributed by atoms with van der Waals surface area (Å²) in [6.45, 7) is 0.472. The van der Waals surface area contributed by atoms with Crippen LogP contribution in [0.25, 0.3) is 0 Å². The van der Waals surface area contributed by atoms with Gasteiger partial charge >= 0.3 is 0 Å². The summed E-state index contributed by atoms with van der Waals surface area (Å²) in [5.41, 5.74) is 1.55. The van der Waals surface area contributed by atoms with Crippen LogP contribution in [0.2, 0.25) is 0 Å². The Labute approximate surface area is 138 Å². The van der Waals surface area contributed by atoms with E-state index >= 15 is 0 Å². The minimum absolute atomic E-state index is 0.0735. The van der Waals surface area contributed by atoms with Gasteiger partial charge in [0.1, 0.15) is 5.82 Å². The van der Waals surface area contributed by atoms with Crippen LogP contribution in [0.15, 0.2) is 53.0 Å². The number of rotatable bonds is 5. The van der Waals surface area contributed by atoms with Crippen molar-refractivity contribution < 1.29 is 9.18 Å². The van der Waals surface area contributed by atoms with Crippen molar-refractivity contribution in [2.75, 3.05) is 20.6 Å². The van der Waals surface area contributed by atoms with Crippen molar-refractivity contribution in [1.82, 2.24) is 10.2 Å². The van der Waals surface area contributed by atoms with Crippen molar-refractivity contribution in [2.24, 2.45) is 0 Å². The van der Waals surface area contributed by atoms with Gasteiger partial charge in [0.25, 0.3) is 5.91 Å². The highest BCUT2D eigenvalue weighted by Crippen LogP contribution is 2.19. The van der Waals surface area contributed by atoms with Gasteiger partial charge in [-0.25, -0.2) is 4.39 Å². The Morgan fingerprint density at radius 2 is 1.91 bits per heavy atom. The zero-order valence-corrected chi connectivity index (χ0v) is 14.1. The first-order valence-corrected chi connectivity index (χ1v) is 7.73. The molecule has 1 N–H and O–H groups in total. The molecule has 0 aromatic heterocycles. The molecule has 0 bridgehead atoms. The van der Waals surface area contributed by atoms with E-state index in [1.54, 1.807) is 0 Å². The van der Waals surface area contributed by atoms with Gasteiger partial charge in [0.05, 0.1) is 11.6 Å². The first kappa shape index (κ1) is 16.6. The average molecular weight is 365 g/mol. The predicted octanol–water partition coefficient (Wildman–Crippen LogP) is 3.62. The van der Waals surface area contributed by atoms with Crippen LogP contribution in [0.4, 0.5) is 4.39 Å². The van der Waals surface area contributed by atoms with Crippen LogP contribution in [0.1, 0.15) is 22.0 Å². The molecule has 0 aliphatic rings. The van der Waals surface area contributed by atoms with Gasteiger partial charge in [-0.3, -0.25) is 4.79 Å². The van der Waals surface area contributed by atoms with E-state index in [-0.39, 0.29) is 17.8 Å². The van der Waals surface area contributed by atoms with Crippen LogP contribution in [0, 0.1) is 5.82 Å². The molecule has 2 aromatic rings. The third-order valence-electron chi connectivity index (χ3n) is 3.44.